The topological polar surface area (TPSA) is 48.0 Å². The van der Waals surface area contributed by atoms with Crippen LogP contribution in [-0.2, 0) is 4.79 Å². The minimum atomic E-state index is -0.0662. The predicted molar refractivity (Wildman–Crippen MR) is 112 cm³/mol. The first-order chi connectivity index (χ1) is 13.5. The van der Waals surface area contributed by atoms with Crippen molar-refractivity contribution < 1.29 is 19.0 Å². The van der Waals surface area contributed by atoms with E-state index in [2.05, 4.69) is 0 Å². The molecule has 0 heterocycles. The summed E-state index contributed by atoms with van der Waals surface area (Å²) >= 11 is 5.84. The lowest BCUT2D eigenvalue weighted by molar-refractivity contribution is -0.124. The van der Waals surface area contributed by atoms with E-state index < -0.39 is 0 Å². The van der Waals surface area contributed by atoms with Gasteiger partial charge in [0.15, 0.2) is 0 Å². The Kier molecular flexibility index (Phi) is 8.69. The average molecular weight is 404 g/mol. The number of nitrogens with zero attached hydrogens (tertiary/aromatic N) is 1. The zero-order chi connectivity index (χ0) is 20.4. The van der Waals surface area contributed by atoms with Crippen LogP contribution in [0.3, 0.4) is 0 Å². The van der Waals surface area contributed by atoms with Crippen molar-refractivity contribution in [3.63, 3.8) is 0 Å². The Morgan fingerprint density at radius 3 is 2.43 bits per heavy atom. The number of rotatable bonds is 10. The molecular formula is C22H26ClNO4. The number of amides is 1. The second kappa shape index (κ2) is 11.2. The molecule has 0 atom stereocenters. The van der Waals surface area contributed by atoms with Gasteiger partial charge in [0.2, 0.25) is 5.91 Å². The van der Waals surface area contributed by atoms with Crippen LogP contribution in [0.25, 0.3) is 6.08 Å². The molecule has 0 bridgehead atoms. The number of benzene rings is 2. The van der Waals surface area contributed by atoms with Crippen molar-refractivity contribution in [2.45, 2.75) is 12.8 Å². The van der Waals surface area contributed by atoms with E-state index in [0.717, 1.165) is 24.2 Å². The lowest BCUT2D eigenvalue weighted by Crippen LogP contribution is -2.26. The summed E-state index contributed by atoms with van der Waals surface area (Å²) in [7, 11) is 4.99. The van der Waals surface area contributed by atoms with Crippen LogP contribution in [0, 0.1) is 0 Å². The summed E-state index contributed by atoms with van der Waals surface area (Å²) in [6.07, 6.45) is 4.99. The average Bonchev–Trinajstić information content (AvgIpc) is 2.72. The summed E-state index contributed by atoms with van der Waals surface area (Å²) in [5.74, 6) is 2.13. The number of ether oxygens (including phenoxy) is 3. The third-order valence-corrected chi connectivity index (χ3v) is 4.44. The Morgan fingerprint density at radius 1 is 1.04 bits per heavy atom. The highest BCUT2D eigenvalue weighted by Crippen LogP contribution is 2.25. The summed E-state index contributed by atoms with van der Waals surface area (Å²) in [5.41, 5.74) is 0.792. The highest BCUT2D eigenvalue weighted by atomic mass is 35.5. The van der Waals surface area contributed by atoms with Crippen LogP contribution in [0.5, 0.6) is 17.2 Å². The molecule has 0 aliphatic carbocycles. The summed E-state index contributed by atoms with van der Waals surface area (Å²) in [6.45, 7) is 1.25. The molecule has 0 aliphatic rings. The molecule has 6 heteroatoms. The van der Waals surface area contributed by atoms with E-state index in [1.54, 1.807) is 50.5 Å². The van der Waals surface area contributed by atoms with E-state index in [9.17, 15) is 4.79 Å². The molecule has 2 aromatic carbocycles. The molecule has 0 fully saturated rings. The number of carbonyl (C=O) groups excluding carboxylic acids is 1. The summed E-state index contributed by atoms with van der Waals surface area (Å²) in [5, 5.41) is 0.687. The van der Waals surface area contributed by atoms with E-state index in [4.69, 9.17) is 25.8 Å². The second-order valence-corrected chi connectivity index (χ2v) is 6.65. The summed E-state index contributed by atoms with van der Waals surface area (Å²) < 4.78 is 16.2. The maximum absolute atomic E-state index is 12.3. The van der Waals surface area contributed by atoms with Crippen LogP contribution in [0.1, 0.15) is 18.4 Å². The first-order valence-corrected chi connectivity index (χ1v) is 9.45. The fourth-order valence-electron chi connectivity index (χ4n) is 2.54. The van der Waals surface area contributed by atoms with E-state index in [1.807, 2.05) is 30.3 Å². The number of unbranched alkanes of at least 4 members (excludes halogenated alkanes) is 1. The quantitative estimate of drug-likeness (QED) is 0.426. The highest BCUT2D eigenvalue weighted by Gasteiger charge is 2.07. The van der Waals surface area contributed by atoms with Gasteiger partial charge in [0.05, 0.1) is 20.8 Å². The van der Waals surface area contributed by atoms with Gasteiger partial charge in [-0.1, -0.05) is 11.6 Å². The maximum atomic E-state index is 12.3. The molecule has 1 amide bonds. The van der Waals surface area contributed by atoms with Gasteiger partial charge in [-0.15, -0.1) is 0 Å². The molecule has 28 heavy (non-hydrogen) atoms. The van der Waals surface area contributed by atoms with Crippen LogP contribution in [0.2, 0.25) is 5.02 Å². The van der Waals surface area contributed by atoms with Crippen molar-refractivity contribution in [3.05, 3.63) is 59.1 Å². The molecule has 0 N–H and O–H groups in total. The van der Waals surface area contributed by atoms with E-state index >= 15 is 0 Å². The van der Waals surface area contributed by atoms with Crippen LogP contribution in [-0.4, -0.2) is 45.2 Å². The standard InChI is InChI=1S/C22H26ClNO4/c1-24(14-4-5-15-28-19-9-7-18(23)8-10-19)22(25)13-6-17-16-20(26-2)11-12-21(17)27-3/h6-13,16H,4-5,14-15H2,1-3H3/b13-6+. The molecule has 0 spiro atoms. The Morgan fingerprint density at radius 2 is 1.75 bits per heavy atom. The van der Waals surface area contributed by atoms with Crippen LogP contribution in [0.4, 0.5) is 0 Å². The Bertz CT molecular complexity index is 790. The predicted octanol–water partition coefficient (Wildman–Crippen LogP) is 4.69. The van der Waals surface area contributed by atoms with Crippen molar-refractivity contribution in [2.24, 2.45) is 0 Å². The third-order valence-electron chi connectivity index (χ3n) is 4.19. The molecule has 5 nitrogen and oxygen atoms in total. The molecule has 150 valence electrons. The minimum absolute atomic E-state index is 0.0662. The molecule has 0 unspecified atom stereocenters. The van der Waals surface area contributed by atoms with E-state index in [0.29, 0.717) is 29.7 Å². The second-order valence-electron chi connectivity index (χ2n) is 6.21. The number of hydrogen-bond acceptors (Lipinski definition) is 4. The molecule has 0 radical (unpaired) electrons. The third kappa shape index (κ3) is 6.82. The SMILES string of the molecule is COc1ccc(OC)c(/C=C/C(=O)N(C)CCCCOc2ccc(Cl)cc2)c1. The number of carbonyl (C=O) groups is 1. The van der Waals surface area contributed by atoms with Gasteiger partial charge < -0.3 is 19.1 Å². The van der Waals surface area contributed by atoms with Gasteiger partial charge in [-0.05, 0) is 61.4 Å². The number of halogens is 1. The fraction of sp³-hybridized carbons (Fsp3) is 0.318. The highest BCUT2D eigenvalue weighted by molar-refractivity contribution is 6.30. The summed E-state index contributed by atoms with van der Waals surface area (Å²) in [6, 6.07) is 12.7. The van der Waals surface area contributed by atoms with Crippen LogP contribution in [0.15, 0.2) is 48.5 Å². The van der Waals surface area contributed by atoms with Crippen molar-refractivity contribution >= 4 is 23.6 Å². The fourth-order valence-corrected chi connectivity index (χ4v) is 2.67. The maximum Gasteiger partial charge on any atom is 0.246 e. The van der Waals surface area contributed by atoms with Gasteiger partial charge in [0.25, 0.3) is 0 Å². The largest absolute Gasteiger partial charge is 0.497 e. The van der Waals surface area contributed by atoms with Crippen molar-refractivity contribution in [1.82, 2.24) is 4.90 Å². The first kappa shape index (κ1) is 21.6. The molecule has 0 aromatic heterocycles. The van der Waals surface area contributed by atoms with Gasteiger partial charge in [-0.25, -0.2) is 0 Å². The molecular weight excluding hydrogens is 378 g/mol. The van der Waals surface area contributed by atoms with Crippen molar-refractivity contribution in [3.8, 4) is 17.2 Å². The van der Waals surface area contributed by atoms with Gasteiger partial charge in [-0.3, -0.25) is 4.79 Å². The molecule has 2 rings (SSSR count). The van der Waals surface area contributed by atoms with E-state index in [-0.39, 0.29) is 5.91 Å². The lowest BCUT2D eigenvalue weighted by atomic mass is 10.1. The van der Waals surface area contributed by atoms with Crippen LogP contribution >= 0.6 is 11.6 Å². The Labute approximate surface area is 171 Å². The van der Waals surface area contributed by atoms with Crippen molar-refractivity contribution in [1.29, 1.82) is 0 Å². The molecule has 2 aromatic rings. The Hall–Kier alpha value is -2.66. The number of methoxy groups -OCH3 is 2. The molecule has 0 saturated heterocycles. The smallest absolute Gasteiger partial charge is 0.246 e. The van der Waals surface area contributed by atoms with Crippen molar-refractivity contribution in [2.75, 3.05) is 34.4 Å². The zero-order valence-electron chi connectivity index (χ0n) is 16.5. The normalized spacial score (nSPS) is 10.7. The zero-order valence-corrected chi connectivity index (χ0v) is 17.2. The molecule has 0 saturated carbocycles. The van der Waals surface area contributed by atoms with Crippen LogP contribution < -0.4 is 14.2 Å². The van der Waals surface area contributed by atoms with Gasteiger partial charge in [-0.2, -0.15) is 0 Å². The van der Waals surface area contributed by atoms with Gasteiger partial charge in [0.1, 0.15) is 17.2 Å². The number of hydrogen-bond donors (Lipinski definition) is 0. The summed E-state index contributed by atoms with van der Waals surface area (Å²) in [4.78, 5) is 14.0. The monoisotopic (exact) mass is 403 g/mol. The molecule has 0 aliphatic heterocycles. The lowest BCUT2D eigenvalue weighted by Gasteiger charge is -2.15. The minimum Gasteiger partial charge on any atom is -0.497 e. The first-order valence-electron chi connectivity index (χ1n) is 9.07. The van der Waals surface area contributed by atoms with Gasteiger partial charge in [0, 0.05) is 30.3 Å². The number of likely N-dealkylation sites (N-methyl/N-ethyl adjacent to an activating group) is 1. The van der Waals surface area contributed by atoms with Gasteiger partial charge >= 0.3 is 0 Å². The van der Waals surface area contributed by atoms with E-state index in [1.165, 1.54) is 0 Å². The Balaban J connectivity index is 1.76.